The van der Waals surface area contributed by atoms with Crippen molar-refractivity contribution in [3.8, 4) is 0 Å². The number of aromatic amines is 1. The molecule has 0 radical (unpaired) electrons. The first kappa shape index (κ1) is 9.64. The summed E-state index contributed by atoms with van der Waals surface area (Å²) < 4.78 is 12.7. The minimum absolute atomic E-state index is 0.471. The lowest BCUT2D eigenvalue weighted by atomic mass is 10.3. The lowest BCUT2D eigenvalue weighted by Gasteiger charge is -2.04. The first-order valence-corrected chi connectivity index (χ1v) is 4.67. The highest BCUT2D eigenvalue weighted by Crippen LogP contribution is 2.06. The number of nitrogens with one attached hydrogen (secondary N) is 2. The van der Waals surface area contributed by atoms with E-state index < -0.39 is 5.95 Å². The molecule has 0 unspecified atom stereocenters. The van der Waals surface area contributed by atoms with Crippen LogP contribution < -0.4 is 5.32 Å². The zero-order valence-electron chi connectivity index (χ0n) is 8.07. The molecule has 0 spiro atoms. The molecule has 0 aromatic carbocycles. The van der Waals surface area contributed by atoms with Gasteiger partial charge in [-0.1, -0.05) is 0 Å². The molecule has 15 heavy (non-hydrogen) atoms. The van der Waals surface area contributed by atoms with Crippen LogP contribution in [0.15, 0.2) is 30.9 Å². The summed E-state index contributed by atoms with van der Waals surface area (Å²) in [7, 11) is 0. The fraction of sp³-hybridized carbons (Fsp3) is 0.200. The molecule has 78 valence electrons. The number of hydrogen-bond acceptors (Lipinski definition) is 3. The van der Waals surface area contributed by atoms with E-state index in [-0.39, 0.29) is 0 Å². The van der Waals surface area contributed by atoms with Gasteiger partial charge in [-0.3, -0.25) is 0 Å². The number of hydrogen-bond donors (Lipinski definition) is 2. The number of imidazole rings is 1. The lowest BCUT2D eigenvalue weighted by molar-refractivity contribution is 0.584. The highest BCUT2D eigenvalue weighted by molar-refractivity contribution is 5.41. The third kappa shape index (κ3) is 2.77. The number of nitrogens with zero attached hydrogens (tertiary/aromatic N) is 2. The standard InChI is InChI=1S/C10H11FN4/c11-10-5-8(1-4-14-10)13-3-2-9-6-12-7-15-9/h1,4-7H,2-3H2,(H,12,15)(H,13,14). The Bertz CT molecular complexity index is 413. The van der Waals surface area contributed by atoms with Crippen LogP contribution in [0.25, 0.3) is 0 Å². The molecule has 2 rings (SSSR count). The topological polar surface area (TPSA) is 53.6 Å². The van der Waals surface area contributed by atoms with Crippen molar-refractivity contribution >= 4 is 5.69 Å². The molecular formula is C10H11FN4. The van der Waals surface area contributed by atoms with Crippen LogP contribution in [-0.4, -0.2) is 21.5 Å². The predicted molar refractivity (Wildman–Crippen MR) is 55.0 cm³/mol. The number of rotatable bonds is 4. The second kappa shape index (κ2) is 4.54. The van der Waals surface area contributed by atoms with Gasteiger partial charge in [0.15, 0.2) is 0 Å². The largest absolute Gasteiger partial charge is 0.384 e. The first-order chi connectivity index (χ1) is 7.34. The Balaban J connectivity index is 1.83. The van der Waals surface area contributed by atoms with Gasteiger partial charge in [-0.05, 0) is 6.07 Å². The van der Waals surface area contributed by atoms with Crippen molar-refractivity contribution in [3.63, 3.8) is 0 Å². The molecule has 2 heterocycles. The van der Waals surface area contributed by atoms with Gasteiger partial charge in [0, 0.05) is 42.8 Å². The van der Waals surface area contributed by atoms with E-state index in [0.29, 0.717) is 0 Å². The van der Waals surface area contributed by atoms with Gasteiger partial charge in [0.25, 0.3) is 0 Å². The Morgan fingerprint density at radius 3 is 3.13 bits per heavy atom. The van der Waals surface area contributed by atoms with Crippen molar-refractivity contribution in [3.05, 3.63) is 42.5 Å². The Morgan fingerprint density at radius 2 is 2.40 bits per heavy atom. The number of pyridine rings is 1. The van der Waals surface area contributed by atoms with Gasteiger partial charge >= 0.3 is 0 Å². The molecule has 5 heteroatoms. The summed E-state index contributed by atoms with van der Waals surface area (Å²) in [6, 6.07) is 3.10. The summed E-state index contributed by atoms with van der Waals surface area (Å²) in [6.07, 6.45) is 5.67. The van der Waals surface area contributed by atoms with E-state index in [1.807, 2.05) is 0 Å². The van der Waals surface area contributed by atoms with Crippen molar-refractivity contribution in [1.82, 2.24) is 15.0 Å². The smallest absolute Gasteiger partial charge is 0.214 e. The summed E-state index contributed by atoms with van der Waals surface area (Å²) in [5, 5.41) is 3.10. The van der Waals surface area contributed by atoms with Crippen molar-refractivity contribution in [1.29, 1.82) is 0 Å². The van der Waals surface area contributed by atoms with E-state index in [1.165, 1.54) is 12.3 Å². The van der Waals surface area contributed by atoms with Crippen molar-refractivity contribution in [2.45, 2.75) is 6.42 Å². The van der Waals surface area contributed by atoms with E-state index >= 15 is 0 Å². The molecule has 4 nitrogen and oxygen atoms in total. The van der Waals surface area contributed by atoms with Gasteiger partial charge in [0.05, 0.1) is 6.33 Å². The fourth-order valence-electron chi connectivity index (χ4n) is 1.28. The molecule has 0 fully saturated rings. The fourth-order valence-corrected chi connectivity index (χ4v) is 1.28. The summed E-state index contributed by atoms with van der Waals surface area (Å²) >= 11 is 0. The van der Waals surface area contributed by atoms with Crippen LogP contribution in [0.4, 0.5) is 10.1 Å². The zero-order chi connectivity index (χ0) is 10.5. The molecule has 0 saturated heterocycles. The monoisotopic (exact) mass is 206 g/mol. The SMILES string of the molecule is Fc1cc(NCCc2cnc[nH]2)ccn1. The van der Waals surface area contributed by atoms with Crippen LogP contribution >= 0.6 is 0 Å². The van der Waals surface area contributed by atoms with Gasteiger partial charge in [0.1, 0.15) is 0 Å². The molecule has 0 aliphatic carbocycles. The third-order valence-corrected chi connectivity index (χ3v) is 2.00. The normalized spacial score (nSPS) is 10.2. The van der Waals surface area contributed by atoms with E-state index in [0.717, 1.165) is 24.3 Å². The van der Waals surface area contributed by atoms with E-state index in [9.17, 15) is 4.39 Å². The molecular weight excluding hydrogens is 195 g/mol. The Morgan fingerprint density at radius 1 is 1.47 bits per heavy atom. The van der Waals surface area contributed by atoms with E-state index in [2.05, 4.69) is 20.3 Å². The van der Waals surface area contributed by atoms with Gasteiger partial charge in [-0.15, -0.1) is 0 Å². The molecule has 2 aromatic rings. The minimum atomic E-state index is -0.471. The number of H-pyrrole nitrogens is 1. The van der Waals surface area contributed by atoms with Gasteiger partial charge in [-0.25, -0.2) is 9.97 Å². The maximum Gasteiger partial charge on any atom is 0.214 e. The molecule has 0 amide bonds. The van der Waals surface area contributed by atoms with Crippen LogP contribution in [0.3, 0.4) is 0 Å². The maximum atomic E-state index is 12.7. The van der Waals surface area contributed by atoms with Gasteiger partial charge < -0.3 is 10.3 Å². The van der Waals surface area contributed by atoms with Crippen molar-refractivity contribution in [2.75, 3.05) is 11.9 Å². The summed E-state index contributed by atoms with van der Waals surface area (Å²) in [4.78, 5) is 10.4. The second-order valence-corrected chi connectivity index (χ2v) is 3.12. The molecule has 0 aliphatic heterocycles. The third-order valence-electron chi connectivity index (χ3n) is 2.00. The summed E-state index contributed by atoms with van der Waals surface area (Å²) in [5.41, 5.74) is 1.79. The van der Waals surface area contributed by atoms with Crippen LogP contribution in [0.5, 0.6) is 0 Å². The average Bonchev–Trinajstić information content (AvgIpc) is 2.71. The molecule has 0 saturated carbocycles. The quantitative estimate of drug-likeness (QED) is 0.747. The molecule has 0 atom stereocenters. The second-order valence-electron chi connectivity index (χ2n) is 3.12. The predicted octanol–water partition coefficient (Wildman–Crippen LogP) is 1.60. The Labute approximate surface area is 86.6 Å². The van der Waals surface area contributed by atoms with E-state index in [4.69, 9.17) is 0 Å². The minimum Gasteiger partial charge on any atom is -0.384 e. The van der Waals surface area contributed by atoms with Crippen LogP contribution in [0.1, 0.15) is 5.69 Å². The van der Waals surface area contributed by atoms with Gasteiger partial charge in [0.2, 0.25) is 5.95 Å². The number of aromatic nitrogens is 3. The highest BCUT2D eigenvalue weighted by Gasteiger charge is 1.96. The van der Waals surface area contributed by atoms with Crippen LogP contribution in [0, 0.1) is 5.95 Å². The van der Waals surface area contributed by atoms with Crippen molar-refractivity contribution < 1.29 is 4.39 Å². The zero-order valence-corrected chi connectivity index (χ0v) is 8.07. The number of halogens is 1. The molecule has 2 aromatic heterocycles. The summed E-state index contributed by atoms with van der Waals surface area (Å²) in [6.45, 7) is 0.728. The Hall–Kier alpha value is -1.91. The van der Waals surface area contributed by atoms with Crippen LogP contribution in [0.2, 0.25) is 0 Å². The molecule has 2 N–H and O–H groups in total. The first-order valence-electron chi connectivity index (χ1n) is 4.67. The Kier molecular flexibility index (Phi) is 2.92. The number of anilines is 1. The lowest BCUT2D eigenvalue weighted by Crippen LogP contribution is -2.05. The van der Waals surface area contributed by atoms with E-state index in [1.54, 1.807) is 18.6 Å². The van der Waals surface area contributed by atoms with Crippen molar-refractivity contribution in [2.24, 2.45) is 0 Å². The summed E-state index contributed by atoms with van der Waals surface area (Å²) in [5.74, 6) is -0.471. The molecule has 0 bridgehead atoms. The van der Waals surface area contributed by atoms with Crippen LogP contribution in [-0.2, 0) is 6.42 Å². The molecule has 0 aliphatic rings. The highest BCUT2D eigenvalue weighted by atomic mass is 19.1. The average molecular weight is 206 g/mol. The maximum absolute atomic E-state index is 12.7. The van der Waals surface area contributed by atoms with Gasteiger partial charge in [-0.2, -0.15) is 4.39 Å².